The first-order valence-electron chi connectivity index (χ1n) is 6.00. The fourth-order valence-corrected chi connectivity index (χ4v) is 4.23. The van der Waals surface area contributed by atoms with Gasteiger partial charge in [0.25, 0.3) is 0 Å². The van der Waals surface area contributed by atoms with Gasteiger partial charge in [0.15, 0.2) is 0 Å². The number of rotatable bonds is 4. The highest BCUT2D eigenvalue weighted by Crippen LogP contribution is 2.35. The molecule has 1 aliphatic rings. The molecule has 2 aromatic rings. The third-order valence-corrected chi connectivity index (χ3v) is 5.27. The van der Waals surface area contributed by atoms with E-state index in [9.17, 15) is 0 Å². The summed E-state index contributed by atoms with van der Waals surface area (Å²) in [5.74, 6) is 0. The van der Waals surface area contributed by atoms with Crippen LogP contribution >= 0.6 is 43.2 Å². The van der Waals surface area contributed by atoms with Crippen molar-refractivity contribution in [3.8, 4) is 10.4 Å². The lowest BCUT2D eigenvalue weighted by molar-refractivity contribution is 0.695. The van der Waals surface area contributed by atoms with Gasteiger partial charge in [0, 0.05) is 36.8 Å². The smallest absolute Gasteiger partial charge is 0.0357 e. The molecule has 0 atom stereocenters. The Morgan fingerprint density at radius 1 is 1.17 bits per heavy atom. The standard InChI is InChI=1S/C14H13Br2NS/c15-9-1-5-12(13(16)7-9)14-6-4-11(18-14)8-17-10-2-3-10/h1,4-7,10,17H,2-3,8H2. The van der Waals surface area contributed by atoms with Crippen LogP contribution in [0, 0.1) is 0 Å². The van der Waals surface area contributed by atoms with Crippen LogP contribution < -0.4 is 5.32 Å². The molecule has 3 rings (SSSR count). The molecule has 0 aliphatic heterocycles. The van der Waals surface area contributed by atoms with Gasteiger partial charge in [0.2, 0.25) is 0 Å². The first-order valence-corrected chi connectivity index (χ1v) is 8.40. The summed E-state index contributed by atoms with van der Waals surface area (Å²) in [6.07, 6.45) is 2.69. The van der Waals surface area contributed by atoms with Gasteiger partial charge in [0.1, 0.15) is 0 Å². The molecule has 0 spiro atoms. The molecule has 0 unspecified atom stereocenters. The van der Waals surface area contributed by atoms with Crippen molar-refractivity contribution >= 4 is 43.2 Å². The molecule has 0 bridgehead atoms. The summed E-state index contributed by atoms with van der Waals surface area (Å²) in [5.41, 5.74) is 1.26. The van der Waals surface area contributed by atoms with E-state index in [4.69, 9.17) is 0 Å². The highest BCUT2D eigenvalue weighted by molar-refractivity contribution is 9.11. The summed E-state index contributed by atoms with van der Waals surface area (Å²) in [5, 5.41) is 3.55. The quantitative estimate of drug-likeness (QED) is 0.762. The van der Waals surface area contributed by atoms with Crippen LogP contribution in [-0.4, -0.2) is 6.04 Å². The molecular formula is C14H13Br2NS. The van der Waals surface area contributed by atoms with Gasteiger partial charge < -0.3 is 5.32 Å². The first kappa shape index (κ1) is 12.9. The van der Waals surface area contributed by atoms with Crippen LogP contribution in [0.15, 0.2) is 39.3 Å². The average Bonchev–Trinajstić information content (AvgIpc) is 3.05. The third-order valence-electron chi connectivity index (χ3n) is 3.00. The maximum absolute atomic E-state index is 3.63. The molecule has 1 N–H and O–H groups in total. The van der Waals surface area contributed by atoms with Crippen molar-refractivity contribution in [2.45, 2.75) is 25.4 Å². The minimum absolute atomic E-state index is 0.773. The molecule has 1 saturated carbocycles. The second kappa shape index (κ2) is 5.45. The van der Waals surface area contributed by atoms with Crippen molar-refractivity contribution in [2.24, 2.45) is 0 Å². The van der Waals surface area contributed by atoms with Crippen molar-refractivity contribution in [1.29, 1.82) is 0 Å². The molecule has 4 heteroatoms. The molecule has 1 heterocycles. The fraction of sp³-hybridized carbons (Fsp3) is 0.286. The molecule has 1 aromatic carbocycles. The Kier molecular flexibility index (Phi) is 3.89. The van der Waals surface area contributed by atoms with Gasteiger partial charge in [-0.2, -0.15) is 0 Å². The number of hydrogen-bond donors (Lipinski definition) is 1. The van der Waals surface area contributed by atoms with Crippen LogP contribution in [0.4, 0.5) is 0 Å². The second-order valence-corrected chi connectivity index (χ2v) is 7.48. The van der Waals surface area contributed by atoms with Gasteiger partial charge >= 0.3 is 0 Å². The Balaban J connectivity index is 1.78. The number of halogens is 2. The van der Waals surface area contributed by atoms with Crippen molar-refractivity contribution in [2.75, 3.05) is 0 Å². The molecule has 1 fully saturated rings. The van der Waals surface area contributed by atoms with Crippen LogP contribution in [-0.2, 0) is 6.54 Å². The average molecular weight is 387 g/mol. The van der Waals surface area contributed by atoms with E-state index < -0.39 is 0 Å². The van der Waals surface area contributed by atoms with Gasteiger partial charge in [-0.25, -0.2) is 0 Å². The van der Waals surface area contributed by atoms with Crippen molar-refractivity contribution in [3.63, 3.8) is 0 Å². The lowest BCUT2D eigenvalue weighted by Gasteiger charge is -2.02. The molecule has 18 heavy (non-hydrogen) atoms. The van der Waals surface area contributed by atoms with E-state index in [0.717, 1.165) is 21.5 Å². The Bertz CT molecular complexity index is 561. The Hall–Kier alpha value is -0.160. The molecule has 0 saturated heterocycles. The van der Waals surface area contributed by atoms with Gasteiger partial charge in [-0.15, -0.1) is 11.3 Å². The van der Waals surface area contributed by atoms with E-state index in [0.29, 0.717) is 0 Å². The number of benzene rings is 1. The molecule has 1 aromatic heterocycles. The van der Waals surface area contributed by atoms with Crippen LogP contribution in [0.25, 0.3) is 10.4 Å². The summed E-state index contributed by atoms with van der Waals surface area (Å²) in [6, 6.07) is 11.5. The summed E-state index contributed by atoms with van der Waals surface area (Å²) < 4.78 is 2.24. The van der Waals surface area contributed by atoms with Crippen molar-refractivity contribution in [3.05, 3.63) is 44.2 Å². The Morgan fingerprint density at radius 3 is 2.72 bits per heavy atom. The lowest BCUT2D eigenvalue weighted by Crippen LogP contribution is -2.14. The van der Waals surface area contributed by atoms with Gasteiger partial charge in [0.05, 0.1) is 0 Å². The summed E-state index contributed by atoms with van der Waals surface area (Å²) in [6.45, 7) is 1.00. The maximum atomic E-state index is 3.63. The minimum atomic E-state index is 0.773. The summed E-state index contributed by atoms with van der Waals surface area (Å²) in [4.78, 5) is 2.73. The molecule has 1 aliphatic carbocycles. The van der Waals surface area contributed by atoms with Crippen LogP contribution in [0.5, 0.6) is 0 Å². The molecular weight excluding hydrogens is 374 g/mol. The van der Waals surface area contributed by atoms with E-state index in [1.807, 2.05) is 11.3 Å². The van der Waals surface area contributed by atoms with E-state index >= 15 is 0 Å². The zero-order valence-electron chi connectivity index (χ0n) is 9.75. The van der Waals surface area contributed by atoms with E-state index in [1.165, 1.54) is 28.2 Å². The van der Waals surface area contributed by atoms with Crippen LogP contribution in [0.2, 0.25) is 0 Å². The second-order valence-electron chi connectivity index (χ2n) is 4.55. The number of nitrogens with one attached hydrogen (secondary N) is 1. The third kappa shape index (κ3) is 3.05. The van der Waals surface area contributed by atoms with Crippen LogP contribution in [0.3, 0.4) is 0 Å². The summed E-state index contributed by atoms with van der Waals surface area (Å²) in [7, 11) is 0. The van der Waals surface area contributed by atoms with Gasteiger partial charge in [-0.3, -0.25) is 0 Å². The normalized spacial score (nSPS) is 15.0. The molecule has 0 radical (unpaired) electrons. The van der Waals surface area contributed by atoms with Gasteiger partial charge in [-0.05, 0) is 37.1 Å². The van der Waals surface area contributed by atoms with Crippen molar-refractivity contribution < 1.29 is 0 Å². The SMILES string of the molecule is Brc1ccc(-c2ccc(CNC3CC3)s2)c(Br)c1. The van der Waals surface area contributed by atoms with E-state index in [1.54, 1.807) is 0 Å². The molecule has 94 valence electrons. The van der Waals surface area contributed by atoms with Gasteiger partial charge in [-0.1, -0.05) is 37.9 Å². The highest BCUT2D eigenvalue weighted by atomic mass is 79.9. The van der Waals surface area contributed by atoms with E-state index in [-0.39, 0.29) is 0 Å². The number of thiophene rings is 1. The topological polar surface area (TPSA) is 12.0 Å². The summed E-state index contributed by atoms with van der Waals surface area (Å²) >= 11 is 8.98. The highest BCUT2D eigenvalue weighted by Gasteiger charge is 2.20. The number of hydrogen-bond acceptors (Lipinski definition) is 2. The minimum Gasteiger partial charge on any atom is -0.309 e. The molecule has 1 nitrogen and oxygen atoms in total. The van der Waals surface area contributed by atoms with Crippen LogP contribution in [0.1, 0.15) is 17.7 Å². The zero-order chi connectivity index (χ0) is 12.5. The predicted molar refractivity (Wildman–Crippen MR) is 85.0 cm³/mol. The largest absolute Gasteiger partial charge is 0.309 e. The van der Waals surface area contributed by atoms with E-state index in [2.05, 4.69) is 67.5 Å². The Morgan fingerprint density at radius 2 is 2.00 bits per heavy atom. The zero-order valence-corrected chi connectivity index (χ0v) is 13.7. The maximum Gasteiger partial charge on any atom is 0.0357 e. The predicted octanol–water partition coefficient (Wildman–Crippen LogP) is 5.19. The Labute approximate surface area is 128 Å². The molecule has 0 amide bonds. The fourth-order valence-electron chi connectivity index (χ4n) is 1.84. The monoisotopic (exact) mass is 385 g/mol. The first-order chi connectivity index (χ1) is 8.72. The van der Waals surface area contributed by atoms with Crippen molar-refractivity contribution in [1.82, 2.24) is 5.32 Å². The lowest BCUT2D eigenvalue weighted by atomic mass is 10.2.